The van der Waals surface area contributed by atoms with Crippen LogP contribution in [-0.2, 0) is 19.1 Å². The van der Waals surface area contributed by atoms with Crippen LogP contribution in [0.25, 0.3) is 22.4 Å². The van der Waals surface area contributed by atoms with Crippen molar-refractivity contribution in [3.05, 3.63) is 149 Å². The van der Waals surface area contributed by atoms with E-state index in [9.17, 15) is 0 Å². The van der Waals surface area contributed by atoms with Crippen LogP contribution in [0.5, 0.6) is 0 Å². The molecule has 194 valence electrons. The van der Waals surface area contributed by atoms with E-state index in [1.165, 1.54) is 27.3 Å². The molecule has 0 amide bonds. The van der Waals surface area contributed by atoms with Gasteiger partial charge in [-0.25, -0.2) is 4.98 Å². The van der Waals surface area contributed by atoms with Gasteiger partial charge in [-0.3, -0.25) is 0 Å². The molecule has 0 radical (unpaired) electrons. The van der Waals surface area contributed by atoms with Crippen molar-refractivity contribution >= 4 is 45.5 Å². The van der Waals surface area contributed by atoms with E-state index in [2.05, 4.69) is 154 Å². The quantitative estimate of drug-likeness (QED) is 0.160. The van der Waals surface area contributed by atoms with Gasteiger partial charge >= 0.3 is 0 Å². The third-order valence-electron chi connectivity index (χ3n) is 7.01. The van der Waals surface area contributed by atoms with Crippen LogP contribution in [0.3, 0.4) is 0 Å². The van der Waals surface area contributed by atoms with Gasteiger partial charge in [-0.15, -0.1) is 0 Å². The number of rotatable bonds is 8. The normalized spacial score (nSPS) is 11.0. The molecular formula is C34H29BrIN2P. The first-order valence-electron chi connectivity index (χ1n) is 13.0. The minimum Gasteiger partial charge on any atom is -1.00 e. The van der Waals surface area contributed by atoms with Crippen LogP contribution in [0.4, 0.5) is 0 Å². The maximum absolute atomic E-state index is 5.20. The molecule has 5 aromatic carbocycles. The Kier molecular flexibility index (Phi) is 9.28. The molecule has 0 saturated heterocycles. The highest BCUT2D eigenvalue weighted by atomic mass is 127. The largest absolute Gasteiger partial charge is 1.00 e. The van der Waals surface area contributed by atoms with E-state index < -0.39 is 7.92 Å². The second kappa shape index (κ2) is 13.0. The summed E-state index contributed by atoms with van der Waals surface area (Å²) >= 11 is 3.58. The van der Waals surface area contributed by atoms with E-state index >= 15 is 0 Å². The highest BCUT2D eigenvalue weighted by molar-refractivity contribution is 9.10. The van der Waals surface area contributed by atoms with Crippen LogP contribution in [0.1, 0.15) is 11.1 Å². The summed E-state index contributed by atoms with van der Waals surface area (Å²) in [5.74, 6) is 1.03. The predicted octanol–water partition coefficient (Wildman–Crippen LogP) is 5.08. The van der Waals surface area contributed by atoms with Crippen molar-refractivity contribution in [2.45, 2.75) is 19.1 Å². The van der Waals surface area contributed by atoms with E-state index in [0.717, 1.165) is 40.5 Å². The summed E-state index contributed by atoms with van der Waals surface area (Å²) in [6, 6.07) is 48.1. The van der Waals surface area contributed by atoms with Gasteiger partial charge < -0.3 is 28.5 Å². The molecule has 0 aliphatic heterocycles. The Hall–Kier alpha value is -2.79. The van der Waals surface area contributed by atoms with Crippen LogP contribution < -0.4 is 34.6 Å². The molecule has 0 bridgehead atoms. The van der Waals surface area contributed by atoms with Crippen molar-refractivity contribution < 1.29 is 24.0 Å². The highest BCUT2D eigenvalue weighted by Crippen LogP contribution is 2.38. The Morgan fingerprint density at radius 1 is 0.641 bits per heavy atom. The van der Waals surface area contributed by atoms with Gasteiger partial charge in [-0.05, 0) is 66.1 Å². The van der Waals surface area contributed by atoms with Gasteiger partial charge in [0.2, 0.25) is 0 Å². The fourth-order valence-electron chi connectivity index (χ4n) is 5.07. The average molecular weight is 703 g/mol. The summed E-state index contributed by atoms with van der Waals surface area (Å²) < 4.78 is 3.46. The minimum absolute atomic E-state index is 0. The second-order valence-electron chi connectivity index (χ2n) is 9.54. The molecule has 2 nitrogen and oxygen atoms in total. The number of fused-ring (bicyclic) bond motifs is 1. The Morgan fingerprint density at radius 3 is 1.85 bits per heavy atom. The Balaban J connectivity index is 0.00000308. The lowest BCUT2D eigenvalue weighted by Crippen LogP contribution is -3.00. The molecule has 6 aromatic rings. The molecule has 5 heteroatoms. The van der Waals surface area contributed by atoms with E-state index in [1.54, 1.807) is 0 Å². The molecular weight excluding hydrogens is 674 g/mol. The first-order chi connectivity index (χ1) is 18.7. The fraction of sp³-hybridized carbons (Fsp3) is 0.0882. The lowest BCUT2D eigenvalue weighted by atomic mass is 10.1. The molecule has 0 saturated carbocycles. The maximum Gasteiger partial charge on any atom is 0.141 e. The van der Waals surface area contributed by atoms with Gasteiger partial charge in [0, 0.05) is 16.6 Å². The highest BCUT2D eigenvalue weighted by Gasteiger charge is 2.23. The number of hydrogen-bond acceptors (Lipinski definition) is 1. The third kappa shape index (κ3) is 6.51. The number of nitrogens with zero attached hydrogens (tertiary/aromatic N) is 2. The number of imidazole rings is 1. The van der Waals surface area contributed by atoms with E-state index in [0.29, 0.717) is 0 Å². The number of aromatic nitrogens is 2. The van der Waals surface area contributed by atoms with E-state index in [-0.39, 0.29) is 24.0 Å². The summed E-state index contributed by atoms with van der Waals surface area (Å²) in [6.45, 7) is 0.883. The average Bonchev–Trinajstić information content (AvgIpc) is 3.34. The zero-order valence-electron chi connectivity index (χ0n) is 21.5. The predicted molar refractivity (Wildman–Crippen MR) is 167 cm³/mol. The Bertz CT molecular complexity index is 1600. The smallest absolute Gasteiger partial charge is 0.141 e. The third-order valence-corrected chi connectivity index (χ3v) is 10.4. The molecule has 0 aliphatic carbocycles. The van der Waals surface area contributed by atoms with Crippen LogP contribution in [0, 0.1) is 0 Å². The molecule has 0 spiro atoms. The summed E-state index contributed by atoms with van der Waals surface area (Å²) in [7, 11) is -0.965. The van der Waals surface area contributed by atoms with Gasteiger partial charge in [0.15, 0.2) is 0 Å². The Morgan fingerprint density at radius 2 is 1.23 bits per heavy atom. The number of benzene rings is 5. The zero-order chi connectivity index (χ0) is 25.7. The lowest BCUT2D eigenvalue weighted by Gasteiger charge is -2.12. The van der Waals surface area contributed by atoms with Gasteiger partial charge in [0.25, 0.3) is 0 Å². The first-order valence-corrected chi connectivity index (χ1v) is 15.5. The summed E-state index contributed by atoms with van der Waals surface area (Å²) in [6.07, 6.45) is 1.99. The van der Waals surface area contributed by atoms with Crippen LogP contribution in [0.2, 0.25) is 0 Å². The zero-order valence-corrected chi connectivity index (χ0v) is 26.2. The Labute approximate surface area is 257 Å². The maximum atomic E-state index is 5.20. The minimum atomic E-state index is -0.965. The van der Waals surface area contributed by atoms with Gasteiger partial charge in [-0.1, -0.05) is 101 Å². The van der Waals surface area contributed by atoms with Gasteiger partial charge in [0.05, 0.1) is 35.7 Å². The standard InChI is InChI=1S/C34H28BrN2P.HI/c35-29-19-17-28(18-20-29)34-36-32-24-27(16-21-33(32)37(34)23-22-26-10-4-1-5-11-26)25-38(30-12-6-2-7-13-30)31-14-8-3-9-15-31;/h1-21,24H,22-23,25H2;1H. The molecule has 39 heavy (non-hydrogen) atoms. The number of aryl methyl sites for hydroxylation is 2. The van der Waals surface area contributed by atoms with Crippen LogP contribution in [-0.4, -0.2) is 9.55 Å². The molecule has 0 N–H and O–H groups in total. The van der Waals surface area contributed by atoms with Crippen molar-refractivity contribution in [2.24, 2.45) is 0 Å². The molecule has 0 unspecified atom stereocenters. The monoisotopic (exact) mass is 702 g/mol. The van der Waals surface area contributed by atoms with E-state index in [1.807, 2.05) is 0 Å². The summed E-state index contributed by atoms with van der Waals surface area (Å²) in [5.41, 5.74) is 6.07. The first kappa shape index (κ1) is 27.8. The van der Waals surface area contributed by atoms with Crippen LogP contribution >= 0.6 is 23.9 Å². The summed E-state index contributed by atoms with van der Waals surface area (Å²) in [4.78, 5) is 5.20. The fourth-order valence-corrected chi connectivity index (χ4v) is 7.89. The topological polar surface area (TPSA) is 17.8 Å². The molecule has 0 atom stereocenters. The molecule has 1 aromatic heterocycles. The summed E-state index contributed by atoms with van der Waals surface area (Å²) in [5, 5.41) is 2.88. The van der Waals surface area contributed by atoms with Crippen molar-refractivity contribution in [3.8, 4) is 11.4 Å². The van der Waals surface area contributed by atoms with Crippen molar-refractivity contribution in [2.75, 3.05) is 0 Å². The van der Waals surface area contributed by atoms with E-state index in [4.69, 9.17) is 4.98 Å². The molecule has 1 heterocycles. The van der Waals surface area contributed by atoms with Crippen LogP contribution in [0.15, 0.2) is 138 Å². The van der Waals surface area contributed by atoms with Gasteiger partial charge in [-0.2, -0.15) is 0 Å². The SMILES string of the molecule is Brc1ccc(-c2nc3cc(C[PH+](c4ccccc4)c4ccccc4)ccc3n2CCc2ccccc2)cc1.[I-]. The second-order valence-corrected chi connectivity index (χ2v) is 12.9. The molecule has 0 aliphatic rings. The lowest BCUT2D eigenvalue weighted by molar-refractivity contribution is -0.00000731. The number of halogens is 2. The van der Waals surface area contributed by atoms with Crippen molar-refractivity contribution in [3.63, 3.8) is 0 Å². The van der Waals surface area contributed by atoms with Crippen molar-refractivity contribution in [1.29, 1.82) is 0 Å². The number of hydrogen-bond donors (Lipinski definition) is 0. The molecule has 0 fully saturated rings. The molecule has 6 rings (SSSR count). The van der Waals surface area contributed by atoms with Crippen molar-refractivity contribution in [1.82, 2.24) is 9.55 Å². The van der Waals surface area contributed by atoms with Gasteiger partial charge in [0.1, 0.15) is 5.82 Å².